The van der Waals surface area contributed by atoms with Crippen LogP contribution in [-0.4, -0.2) is 45.9 Å². The van der Waals surface area contributed by atoms with Crippen LogP contribution in [-0.2, 0) is 0 Å². The molecular formula is C9H19NO2. The number of piperidine rings is 1. The summed E-state index contributed by atoms with van der Waals surface area (Å²) in [7, 11) is 0. The largest absolute Gasteiger partial charge is 0.390 e. The molecule has 0 aliphatic carbocycles. The highest BCUT2D eigenvalue weighted by molar-refractivity contribution is 4.86. The van der Waals surface area contributed by atoms with Crippen molar-refractivity contribution in [2.75, 3.05) is 13.1 Å². The Labute approximate surface area is 74.0 Å². The van der Waals surface area contributed by atoms with Crippen molar-refractivity contribution < 1.29 is 10.2 Å². The molecule has 0 spiro atoms. The molecule has 0 bridgehead atoms. The van der Waals surface area contributed by atoms with Crippen molar-refractivity contribution in [3.63, 3.8) is 0 Å². The van der Waals surface area contributed by atoms with Gasteiger partial charge in [0.2, 0.25) is 0 Å². The number of aliphatic hydroxyl groups is 2. The number of hydrogen-bond acceptors (Lipinski definition) is 3. The highest BCUT2D eigenvalue weighted by Gasteiger charge is 2.31. The maximum Gasteiger partial charge on any atom is 0.0926 e. The molecule has 0 saturated carbocycles. The monoisotopic (exact) mass is 173 g/mol. The van der Waals surface area contributed by atoms with Crippen molar-refractivity contribution in [3.8, 4) is 0 Å². The minimum atomic E-state index is -0.571. The lowest BCUT2D eigenvalue weighted by atomic mass is 9.98. The Balaban J connectivity index is 2.51. The third kappa shape index (κ3) is 2.19. The second-order valence-electron chi connectivity index (χ2n) is 4.54. The quantitative estimate of drug-likeness (QED) is 0.550. The van der Waals surface area contributed by atoms with E-state index in [1.54, 1.807) is 0 Å². The Kier molecular flexibility index (Phi) is 2.76. The Hall–Kier alpha value is -0.120. The van der Waals surface area contributed by atoms with Crippen molar-refractivity contribution in [1.82, 2.24) is 4.90 Å². The molecule has 3 nitrogen and oxygen atoms in total. The minimum Gasteiger partial charge on any atom is -0.390 e. The van der Waals surface area contributed by atoms with E-state index in [-0.39, 0.29) is 5.54 Å². The van der Waals surface area contributed by atoms with E-state index in [4.69, 9.17) is 0 Å². The van der Waals surface area contributed by atoms with Crippen molar-refractivity contribution in [2.24, 2.45) is 0 Å². The number of aliphatic hydroxyl groups excluding tert-OH is 2. The summed E-state index contributed by atoms with van der Waals surface area (Å²) >= 11 is 0. The molecule has 1 heterocycles. The summed E-state index contributed by atoms with van der Waals surface area (Å²) in [5.41, 5.74) is 0.0983. The first-order valence-corrected chi connectivity index (χ1v) is 4.52. The Morgan fingerprint density at radius 1 is 1.17 bits per heavy atom. The summed E-state index contributed by atoms with van der Waals surface area (Å²) in [5, 5.41) is 18.7. The van der Waals surface area contributed by atoms with Crippen molar-refractivity contribution in [3.05, 3.63) is 0 Å². The first-order valence-electron chi connectivity index (χ1n) is 4.52. The molecule has 0 radical (unpaired) electrons. The van der Waals surface area contributed by atoms with Gasteiger partial charge in [-0.3, -0.25) is 4.90 Å². The molecule has 0 amide bonds. The number of likely N-dealkylation sites (tertiary alicyclic amines) is 1. The fourth-order valence-electron chi connectivity index (χ4n) is 1.53. The fourth-order valence-corrected chi connectivity index (χ4v) is 1.53. The summed E-state index contributed by atoms with van der Waals surface area (Å²) in [6, 6.07) is 0. The molecule has 12 heavy (non-hydrogen) atoms. The van der Waals surface area contributed by atoms with Crippen LogP contribution in [0.4, 0.5) is 0 Å². The summed E-state index contributed by atoms with van der Waals surface area (Å²) in [6.07, 6.45) is -0.417. The van der Waals surface area contributed by atoms with Gasteiger partial charge in [0.15, 0.2) is 0 Å². The van der Waals surface area contributed by atoms with E-state index in [1.807, 2.05) is 0 Å². The minimum absolute atomic E-state index is 0.0983. The second kappa shape index (κ2) is 3.32. The van der Waals surface area contributed by atoms with Gasteiger partial charge in [0.1, 0.15) is 0 Å². The van der Waals surface area contributed by atoms with Crippen LogP contribution in [0.25, 0.3) is 0 Å². The highest BCUT2D eigenvalue weighted by atomic mass is 16.3. The highest BCUT2D eigenvalue weighted by Crippen LogP contribution is 2.20. The maximum absolute atomic E-state index is 9.42. The van der Waals surface area contributed by atoms with Crippen molar-refractivity contribution in [1.29, 1.82) is 0 Å². The van der Waals surface area contributed by atoms with Gasteiger partial charge in [-0.15, -0.1) is 0 Å². The molecule has 1 saturated heterocycles. The lowest BCUT2D eigenvalue weighted by Crippen LogP contribution is -2.53. The Morgan fingerprint density at radius 2 is 1.75 bits per heavy atom. The number of rotatable bonds is 0. The predicted molar refractivity (Wildman–Crippen MR) is 48.0 cm³/mol. The zero-order valence-electron chi connectivity index (χ0n) is 8.12. The lowest BCUT2D eigenvalue weighted by Gasteiger charge is -2.41. The normalized spacial score (nSPS) is 33.8. The molecule has 1 aliphatic rings. The molecule has 1 rings (SSSR count). The van der Waals surface area contributed by atoms with Crippen LogP contribution in [0.2, 0.25) is 0 Å². The van der Waals surface area contributed by atoms with Crippen LogP contribution < -0.4 is 0 Å². The van der Waals surface area contributed by atoms with Crippen LogP contribution in [0.15, 0.2) is 0 Å². The molecule has 0 aromatic carbocycles. The van der Waals surface area contributed by atoms with E-state index in [0.717, 1.165) is 6.54 Å². The van der Waals surface area contributed by atoms with Crippen LogP contribution in [0.1, 0.15) is 27.2 Å². The molecule has 2 atom stereocenters. The number of nitrogens with zero attached hydrogens (tertiary/aromatic N) is 1. The summed E-state index contributed by atoms with van der Waals surface area (Å²) in [6.45, 7) is 7.83. The second-order valence-corrected chi connectivity index (χ2v) is 4.54. The molecule has 0 aromatic heterocycles. The van der Waals surface area contributed by atoms with E-state index in [0.29, 0.717) is 13.0 Å². The van der Waals surface area contributed by atoms with Gasteiger partial charge in [-0.1, -0.05) is 0 Å². The van der Waals surface area contributed by atoms with Crippen LogP contribution in [0.5, 0.6) is 0 Å². The molecule has 0 unspecified atom stereocenters. The molecule has 1 fully saturated rings. The van der Waals surface area contributed by atoms with Gasteiger partial charge in [-0.25, -0.2) is 0 Å². The average Bonchev–Trinajstić information content (AvgIpc) is 1.92. The summed E-state index contributed by atoms with van der Waals surface area (Å²) in [5.74, 6) is 0. The first-order chi connectivity index (χ1) is 5.41. The number of hydrogen-bond donors (Lipinski definition) is 2. The molecule has 3 heteroatoms. The Morgan fingerprint density at radius 3 is 2.17 bits per heavy atom. The molecule has 2 N–H and O–H groups in total. The summed E-state index contributed by atoms with van der Waals surface area (Å²) < 4.78 is 0. The standard InChI is InChI=1S/C9H19NO2/c1-9(2,3)10-5-4-7(11)8(12)6-10/h7-8,11-12H,4-6H2,1-3H3/t7-,8+/m1/s1. The van der Waals surface area contributed by atoms with Crippen LogP contribution in [0.3, 0.4) is 0 Å². The molecule has 72 valence electrons. The van der Waals surface area contributed by atoms with E-state index in [2.05, 4.69) is 25.7 Å². The fraction of sp³-hybridized carbons (Fsp3) is 1.00. The molecule has 1 aliphatic heterocycles. The topological polar surface area (TPSA) is 43.7 Å². The van der Waals surface area contributed by atoms with Gasteiger partial charge in [-0.2, -0.15) is 0 Å². The van der Waals surface area contributed by atoms with Gasteiger partial charge < -0.3 is 10.2 Å². The third-order valence-electron chi connectivity index (χ3n) is 2.50. The zero-order chi connectivity index (χ0) is 9.35. The average molecular weight is 173 g/mol. The van der Waals surface area contributed by atoms with Gasteiger partial charge in [0.05, 0.1) is 12.2 Å². The van der Waals surface area contributed by atoms with E-state index >= 15 is 0 Å². The lowest BCUT2D eigenvalue weighted by molar-refractivity contribution is -0.0605. The first kappa shape index (κ1) is 9.96. The van der Waals surface area contributed by atoms with E-state index < -0.39 is 12.2 Å². The van der Waals surface area contributed by atoms with Gasteiger partial charge in [-0.05, 0) is 27.2 Å². The summed E-state index contributed by atoms with van der Waals surface area (Å²) in [4.78, 5) is 2.20. The number of β-amino-alcohol motifs (C(OH)–C–C–N with tert-alkyl or cyclic N) is 1. The SMILES string of the molecule is CC(C)(C)N1CC[C@@H](O)[C@@H](O)C1. The van der Waals surface area contributed by atoms with Gasteiger partial charge in [0.25, 0.3) is 0 Å². The molecular weight excluding hydrogens is 154 g/mol. The van der Waals surface area contributed by atoms with Crippen LogP contribution in [0, 0.1) is 0 Å². The van der Waals surface area contributed by atoms with E-state index in [9.17, 15) is 10.2 Å². The predicted octanol–water partition coefficient (Wildman–Crippen LogP) is 0.212. The van der Waals surface area contributed by atoms with Gasteiger partial charge in [0, 0.05) is 18.6 Å². The maximum atomic E-state index is 9.42. The van der Waals surface area contributed by atoms with Crippen molar-refractivity contribution >= 4 is 0 Å². The zero-order valence-corrected chi connectivity index (χ0v) is 8.12. The van der Waals surface area contributed by atoms with Crippen LogP contribution >= 0.6 is 0 Å². The smallest absolute Gasteiger partial charge is 0.0926 e. The van der Waals surface area contributed by atoms with Gasteiger partial charge >= 0.3 is 0 Å². The van der Waals surface area contributed by atoms with Crippen molar-refractivity contribution in [2.45, 2.75) is 44.9 Å². The Bertz CT molecular complexity index is 153. The third-order valence-corrected chi connectivity index (χ3v) is 2.50. The van der Waals surface area contributed by atoms with E-state index in [1.165, 1.54) is 0 Å². The molecule has 0 aromatic rings.